The molecule has 0 aliphatic rings. The number of hydrogen-bond donors (Lipinski definition) is 0. The average Bonchev–Trinajstić information content (AvgIpc) is 2.82. The van der Waals surface area contributed by atoms with E-state index < -0.39 is 16.0 Å². The first-order chi connectivity index (χ1) is 15.3. The largest absolute Gasteiger partial charge is 0.497 e. The van der Waals surface area contributed by atoms with E-state index in [1.165, 1.54) is 25.2 Å². The maximum atomic E-state index is 13.0. The van der Waals surface area contributed by atoms with Gasteiger partial charge < -0.3 is 14.2 Å². The van der Waals surface area contributed by atoms with Crippen LogP contribution in [0, 0.1) is 0 Å². The Morgan fingerprint density at radius 1 is 0.938 bits per heavy atom. The molecule has 7 nitrogen and oxygen atoms in total. The van der Waals surface area contributed by atoms with E-state index in [0.717, 1.165) is 4.31 Å². The highest BCUT2D eigenvalue weighted by Crippen LogP contribution is 2.26. The number of sulfonamides is 1. The molecule has 0 saturated heterocycles. The second-order valence-corrected chi connectivity index (χ2v) is 8.99. The fourth-order valence-corrected chi connectivity index (χ4v) is 4.22. The van der Waals surface area contributed by atoms with Gasteiger partial charge in [0.2, 0.25) is 0 Å². The van der Waals surface area contributed by atoms with E-state index in [4.69, 9.17) is 25.8 Å². The molecule has 0 spiro atoms. The highest BCUT2D eigenvalue weighted by atomic mass is 35.5. The van der Waals surface area contributed by atoms with Gasteiger partial charge in [-0.1, -0.05) is 29.8 Å². The summed E-state index contributed by atoms with van der Waals surface area (Å²) in [5, 5.41) is 0.0902. The van der Waals surface area contributed by atoms with Gasteiger partial charge in [-0.3, -0.25) is 4.31 Å². The summed E-state index contributed by atoms with van der Waals surface area (Å²) in [6, 6.07) is 19.5. The molecule has 0 heterocycles. The van der Waals surface area contributed by atoms with Crippen LogP contribution < -0.4 is 13.8 Å². The Hall–Kier alpha value is -3.23. The molecule has 3 aromatic rings. The van der Waals surface area contributed by atoms with E-state index in [2.05, 4.69) is 0 Å². The van der Waals surface area contributed by atoms with Crippen LogP contribution in [0.3, 0.4) is 0 Å². The molecule has 0 bridgehead atoms. The number of benzene rings is 3. The van der Waals surface area contributed by atoms with Crippen LogP contribution in [0.25, 0.3) is 0 Å². The molecule has 9 heteroatoms. The fraction of sp³-hybridized carbons (Fsp3) is 0.174. The lowest BCUT2D eigenvalue weighted by atomic mass is 10.2. The first-order valence-corrected chi connectivity index (χ1v) is 11.4. The van der Waals surface area contributed by atoms with Crippen LogP contribution in [0.2, 0.25) is 5.02 Å². The Morgan fingerprint density at radius 3 is 2.25 bits per heavy atom. The van der Waals surface area contributed by atoms with Gasteiger partial charge in [0.1, 0.15) is 24.7 Å². The normalized spacial score (nSPS) is 11.0. The molecular formula is C23H22ClNO6S. The number of carbonyl (C=O) groups is 1. The van der Waals surface area contributed by atoms with Crippen LogP contribution in [0.15, 0.2) is 77.7 Å². The molecular weight excluding hydrogens is 454 g/mol. The van der Waals surface area contributed by atoms with E-state index in [1.807, 2.05) is 0 Å². The molecule has 0 radical (unpaired) electrons. The smallest absolute Gasteiger partial charge is 0.339 e. The second-order valence-electron chi connectivity index (χ2n) is 6.61. The molecule has 0 unspecified atom stereocenters. The summed E-state index contributed by atoms with van der Waals surface area (Å²) >= 11 is 6.12. The summed E-state index contributed by atoms with van der Waals surface area (Å²) in [7, 11) is -0.892. The van der Waals surface area contributed by atoms with Crippen LogP contribution in [0.4, 0.5) is 5.69 Å². The van der Waals surface area contributed by atoms with Gasteiger partial charge in [-0.25, -0.2) is 13.2 Å². The number of para-hydroxylation sites is 1. The highest BCUT2D eigenvalue weighted by molar-refractivity contribution is 7.92. The van der Waals surface area contributed by atoms with E-state index in [9.17, 15) is 13.2 Å². The molecule has 0 atom stereocenters. The van der Waals surface area contributed by atoms with E-state index in [-0.39, 0.29) is 28.7 Å². The predicted octanol–water partition coefficient (Wildman–Crippen LogP) is 4.41. The van der Waals surface area contributed by atoms with Crippen molar-refractivity contribution >= 4 is 33.3 Å². The minimum atomic E-state index is -3.90. The third-order valence-corrected chi connectivity index (χ3v) is 6.69. The van der Waals surface area contributed by atoms with E-state index in [1.54, 1.807) is 61.7 Å². The summed E-state index contributed by atoms with van der Waals surface area (Å²) < 4.78 is 42.9. The minimum absolute atomic E-state index is 0.0396. The Balaban J connectivity index is 1.66. The minimum Gasteiger partial charge on any atom is -0.497 e. The standard InChI is InChI=1S/C23H22ClNO6S/c1-25(17-6-4-3-5-7-17)32(27,28)20-12-13-22(24)21(16-20)23(26)31-15-14-30-19-10-8-18(29-2)9-11-19/h3-13,16H,14-15H2,1-2H3. The fourth-order valence-electron chi connectivity index (χ4n) is 2.80. The van der Waals surface area contributed by atoms with Crippen LogP contribution in [-0.2, 0) is 14.8 Å². The van der Waals surface area contributed by atoms with Crippen LogP contribution >= 0.6 is 11.6 Å². The number of carbonyl (C=O) groups excluding carboxylic acids is 1. The van der Waals surface area contributed by atoms with Crippen molar-refractivity contribution in [2.75, 3.05) is 31.7 Å². The zero-order chi connectivity index (χ0) is 23.1. The van der Waals surface area contributed by atoms with Crippen LogP contribution in [0.1, 0.15) is 10.4 Å². The van der Waals surface area contributed by atoms with Gasteiger partial charge in [0, 0.05) is 7.05 Å². The molecule has 3 rings (SSSR count). The lowest BCUT2D eigenvalue weighted by Crippen LogP contribution is -2.26. The average molecular weight is 476 g/mol. The maximum Gasteiger partial charge on any atom is 0.339 e. The zero-order valence-corrected chi connectivity index (χ0v) is 19.1. The summed E-state index contributed by atoms with van der Waals surface area (Å²) in [6.07, 6.45) is 0. The molecule has 0 N–H and O–H groups in total. The van der Waals surface area contributed by atoms with Gasteiger partial charge in [-0.15, -0.1) is 0 Å². The number of halogens is 1. The van der Waals surface area contributed by atoms with Gasteiger partial charge in [0.15, 0.2) is 0 Å². The number of methoxy groups -OCH3 is 1. The number of esters is 1. The van der Waals surface area contributed by atoms with Gasteiger partial charge in [-0.2, -0.15) is 0 Å². The van der Waals surface area contributed by atoms with Crippen molar-refractivity contribution in [2.24, 2.45) is 0 Å². The van der Waals surface area contributed by atoms with Gasteiger partial charge in [-0.05, 0) is 54.6 Å². The summed E-state index contributed by atoms with van der Waals surface area (Å²) in [6.45, 7) is 0.0759. The van der Waals surface area contributed by atoms with Crippen molar-refractivity contribution in [2.45, 2.75) is 4.90 Å². The third kappa shape index (κ3) is 5.52. The first-order valence-electron chi connectivity index (χ1n) is 9.60. The topological polar surface area (TPSA) is 82.1 Å². The van der Waals surface area contributed by atoms with Crippen molar-refractivity contribution in [3.05, 3.63) is 83.4 Å². The number of rotatable bonds is 9. The molecule has 168 valence electrons. The number of hydrogen-bond acceptors (Lipinski definition) is 6. The Labute approximate surface area is 192 Å². The number of anilines is 1. The maximum absolute atomic E-state index is 13.0. The molecule has 0 amide bonds. The van der Waals surface area contributed by atoms with Gasteiger partial charge in [0.25, 0.3) is 10.0 Å². The molecule has 0 aromatic heterocycles. The Bertz CT molecular complexity index is 1170. The zero-order valence-electron chi connectivity index (χ0n) is 17.5. The first kappa shape index (κ1) is 23.4. The quantitative estimate of drug-likeness (QED) is 0.337. The summed E-state index contributed by atoms with van der Waals surface area (Å²) in [5.41, 5.74) is 0.445. The Kier molecular flexibility index (Phi) is 7.61. The molecule has 0 aliphatic carbocycles. The van der Waals surface area contributed by atoms with E-state index in [0.29, 0.717) is 17.2 Å². The third-order valence-electron chi connectivity index (χ3n) is 4.58. The molecule has 0 aliphatic heterocycles. The van der Waals surface area contributed by atoms with Crippen molar-refractivity contribution in [3.8, 4) is 11.5 Å². The molecule has 3 aromatic carbocycles. The molecule has 32 heavy (non-hydrogen) atoms. The van der Waals surface area contributed by atoms with Crippen LogP contribution in [0.5, 0.6) is 11.5 Å². The monoisotopic (exact) mass is 475 g/mol. The summed E-state index contributed by atoms with van der Waals surface area (Å²) in [4.78, 5) is 12.4. The SMILES string of the molecule is COc1ccc(OCCOC(=O)c2cc(S(=O)(=O)N(C)c3ccccc3)ccc2Cl)cc1. The second kappa shape index (κ2) is 10.4. The van der Waals surface area contributed by atoms with Crippen molar-refractivity contribution in [3.63, 3.8) is 0 Å². The lowest BCUT2D eigenvalue weighted by Gasteiger charge is -2.20. The van der Waals surface area contributed by atoms with Crippen molar-refractivity contribution in [1.82, 2.24) is 0 Å². The van der Waals surface area contributed by atoms with Gasteiger partial charge >= 0.3 is 5.97 Å². The Morgan fingerprint density at radius 2 is 1.59 bits per heavy atom. The van der Waals surface area contributed by atoms with E-state index >= 15 is 0 Å². The summed E-state index contributed by atoms with van der Waals surface area (Å²) in [5.74, 6) is 0.552. The van der Waals surface area contributed by atoms with Crippen molar-refractivity contribution < 1.29 is 27.4 Å². The number of ether oxygens (including phenoxy) is 3. The van der Waals surface area contributed by atoms with Gasteiger partial charge in [0.05, 0.1) is 28.3 Å². The molecule has 0 fully saturated rings. The number of nitrogens with zero attached hydrogens (tertiary/aromatic N) is 1. The predicted molar refractivity (Wildman–Crippen MR) is 122 cm³/mol. The van der Waals surface area contributed by atoms with Crippen LogP contribution in [-0.4, -0.2) is 41.8 Å². The molecule has 0 saturated carbocycles. The lowest BCUT2D eigenvalue weighted by molar-refractivity contribution is 0.0450. The van der Waals surface area contributed by atoms with Crippen molar-refractivity contribution in [1.29, 1.82) is 0 Å². The highest BCUT2D eigenvalue weighted by Gasteiger charge is 2.24.